The number of benzene rings is 2. The normalized spacial score (nSPS) is 16.9. The second-order valence-electron chi connectivity index (χ2n) is 6.34. The Morgan fingerprint density at radius 3 is 2.54 bits per heavy atom. The fourth-order valence-corrected chi connectivity index (χ4v) is 3.12. The van der Waals surface area contributed by atoms with Gasteiger partial charge in [-0.05, 0) is 30.0 Å². The van der Waals surface area contributed by atoms with Crippen molar-refractivity contribution >= 4 is 23.5 Å². The Morgan fingerprint density at radius 1 is 1.12 bits per heavy atom. The maximum atomic E-state index is 12.2. The monoisotopic (exact) mass is 352 g/mol. The lowest BCUT2D eigenvalue weighted by atomic mass is 9.89. The zero-order valence-corrected chi connectivity index (χ0v) is 14.1. The quantitative estimate of drug-likeness (QED) is 0.744. The summed E-state index contributed by atoms with van der Waals surface area (Å²) in [5, 5.41) is 14.8. The first-order chi connectivity index (χ1) is 12.5. The summed E-state index contributed by atoms with van der Waals surface area (Å²) in [6, 6.07) is 15.0. The van der Waals surface area contributed by atoms with E-state index in [1.165, 1.54) is 0 Å². The highest BCUT2D eigenvalue weighted by Gasteiger charge is 2.27. The first-order valence-electron chi connectivity index (χ1n) is 8.50. The number of fused-ring (bicyclic) bond motifs is 1. The Kier molecular flexibility index (Phi) is 5.31. The minimum Gasteiger partial charge on any atom is -0.479 e. The number of rotatable bonds is 6. The molecular formula is C20H20N2O4. The van der Waals surface area contributed by atoms with Gasteiger partial charge in [0.1, 0.15) is 0 Å². The van der Waals surface area contributed by atoms with Crippen molar-refractivity contribution in [1.82, 2.24) is 5.32 Å². The maximum absolute atomic E-state index is 12.2. The molecule has 2 atom stereocenters. The average molecular weight is 352 g/mol. The second kappa shape index (κ2) is 7.82. The van der Waals surface area contributed by atoms with Crippen LogP contribution in [0, 0.1) is 5.92 Å². The summed E-state index contributed by atoms with van der Waals surface area (Å²) < 4.78 is 0. The second-order valence-corrected chi connectivity index (χ2v) is 6.34. The smallest absolute Gasteiger partial charge is 0.330 e. The van der Waals surface area contributed by atoms with Gasteiger partial charge in [-0.1, -0.05) is 48.5 Å². The van der Waals surface area contributed by atoms with Crippen LogP contribution in [0.15, 0.2) is 54.6 Å². The highest BCUT2D eigenvalue weighted by molar-refractivity contribution is 5.96. The topological polar surface area (TPSA) is 95.5 Å². The lowest BCUT2D eigenvalue weighted by molar-refractivity contribution is -0.142. The van der Waals surface area contributed by atoms with Gasteiger partial charge in [-0.2, -0.15) is 0 Å². The number of aliphatic carboxylic acids is 1. The number of hydrogen-bond acceptors (Lipinski definition) is 3. The molecule has 2 amide bonds. The van der Waals surface area contributed by atoms with E-state index in [4.69, 9.17) is 0 Å². The first-order valence-corrected chi connectivity index (χ1v) is 8.50. The molecule has 2 aromatic carbocycles. The molecule has 0 saturated carbocycles. The van der Waals surface area contributed by atoms with Gasteiger partial charge < -0.3 is 15.7 Å². The standard InChI is InChI=1S/C20H20N2O4/c23-17(22-18(20(25)26)13-6-2-1-3-7-13)11-10-15-12-14-8-4-5-9-16(14)21-19(15)24/h1-9,15,18H,10-12H2,(H,21,24)(H,22,23)(H,25,26)/t15?,18-/m0/s1. The minimum absolute atomic E-state index is 0.0941. The predicted molar refractivity (Wildman–Crippen MR) is 96.5 cm³/mol. The molecule has 1 aliphatic heterocycles. The molecule has 3 N–H and O–H groups in total. The summed E-state index contributed by atoms with van der Waals surface area (Å²) in [6.45, 7) is 0. The van der Waals surface area contributed by atoms with Crippen molar-refractivity contribution in [2.24, 2.45) is 5.92 Å². The molecule has 2 aromatic rings. The lowest BCUT2D eigenvalue weighted by Crippen LogP contribution is -2.35. The maximum Gasteiger partial charge on any atom is 0.330 e. The van der Waals surface area contributed by atoms with E-state index in [0.717, 1.165) is 11.3 Å². The number of carbonyl (C=O) groups is 3. The van der Waals surface area contributed by atoms with Gasteiger partial charge >= 0.3 is 5.97 Å². The Bertz CT molecular complexity index is 820. The summed E-state index contributed by atoms with van der Waals surface area (Å²) in [7, 11) is 0. The summed E-state index contributed by atoms with van der Waals surface area (Å²) in [5.41, 5.74) is 2.37. The Hall–Kier alpha value is -3.15. The number of carboxylic acids is 1. The van der Waals surface area contributed by atoms with Crippen LogP contribution < -0.4 is 10.6 Å². The molecule has 26 heavy (non-hydrogen) atoms. The van der Waals surface area contributed by atoms with Crippen molar-refractivity contribution in [3.05, 3.63) is 65.7 Å². The van der Waals surface area contributed by atoms with E-state index < -0.39 is 12.0 Å². The Labute approximate surface area is 151 Å². The van der Waals surface area contributed by atoms with Crippen molar-refractivity contribution in [3.8, 4) is 0 Å². The van der Waals surface area contributed by atoms with Crippen LogP contribution in [0.3, 0.4) is 0 Å². The summed E-state index contributed by atoms with van der Waals surface area (Å²) >= 11 is 0. The number of amides is 2. The summed E-state index contributed by atoms with van der Waals surface area (Å²) in [4.78, 5) is 35.9. The minimum atomic E-state index is -1.12. The van der Waals surface area contributed by atoms with Crippen LogP contribution in [-0.2, 0) is 20.8 Å². The largest absolute Gasteiger partial charge is 0.479 e. The summed E-state index contributed by atoms with van der Waals surface area (Å²) in [5.74, 6) is -1.90. The molecule has 0 aliphatic carbocycles. The fourth-order valence-electron chi connectivity index (χ4n) is 3.12. The van der Waals surface area contributed by atoms with Crippen molar-refractivity contribution in [3.63, 3.8) is 0 Å². The number of carboxylic acid groups (broad SMARTS) is 1. The zero-order chi connectivity index (χ0) is 18.5. The summed E-state index contributed by atoms with van der Waals surface area (Å²) in [6.07, 6.45) is 1.04. The third-order valence-electron chi connectivity index (χ3n) is 4.52. The highest BCUT2D eigenvalue weighted by atomic mass is 16.4. The van der Waals surface area contributed by atoms with Crippen LogP contribution in [-0.4, -0.2) is 22.9 Å². The molecule has 0 radical (unpaired) electrons. The van der Waals surface area contributed by atoms with Crippen LogP contribution in [0.1, 0.15) is 30.0 Å². The van der Waals surface area contributed by atoms with Crippen molar-refractivity contribution < 1.29 is 19.5 Å². The average Bonchev–Trinajstić information content (AvgIpc) is 2.65. The lowest BCUT2D eigenvalue weighted by Gasteiger charge is -2.24. The van der Waals surface area contributed by atoms with E-state index in [2.05, 4.69) is 10.6 Å². The van der Waals surface area contributed by atoms with Crippen LogP contribution in [0.5, 0.6) is 0 Å². The molecule has 0 aromatic heterocycles. The van der Waals surface area contributed by atoms with Crippen LogP contribution in [0.2, 0.25) is 0 Å². The van der Waals surface area contributed by atoms with Crippen molar-refractivity contribution in [2.45, 2.75) is 25.3 Å². The number of anilines is 1. The number of nitrogens with one attached hydrogen (secondary N) is 2. The molecule has 3 rings (SSSR count). The van der Waals surface area contributed by atoms with Crippen LogP contribution >= 0.6 is 0 Å². The predicted octanol–water partition coefficient (Wildman–Crippen LogP) is 2.52. The molecule has 0 fully saturated rings. The van der Waals surface area contributed by atoms with E-state index in [9.17, 15) is 19.5 Å². The molecular weight excluding hydrogens is 332 g/mol. The molecule has 6 heteroatoms. The van der Waals surface area contributed by atoms with Gasteiger partial charge in [0, 0.05) is 18.0 Å². The third-order valence-corrected chi connectivity index (χ3v) is 4.52. The van der Waals surface area contributed by atoms with Gasteiger partial charge in [-0.3, -0.25) is 9.59 Å². The van der Waals surface area contributed by atoms with Gasteiger partial charge in [0.15, 0.2) is 6.04 Å². The van der Waals surface area contributed by atoms with Crippen LogP contribution in [0.25, 0.3) is 0 Å². The SMILES string of the molecule is O=C(CCC1Cc2ccccc2NC1=O)N[C@H](C(=O)O)c1ccccc1. The number of carbonyl (C=O) groups excluding carboxylic acids is 2. The van der Waals surface area contributed by atoms with E-state index in [1.54, 1.807) is 30.3 Å². The first kappa shape index (κ1) is 17.7. The van der Waals surface area contributed by atoms with Gasteiger partial charge in [-0.25, -0.2) is 4.79 Å². The molecule has 0 spiro atoms. The number of hydrogen-bond donors (Lipinski definition) is 3. The molecule has 0 bridgehead atoms. The van der Waals surface area contributed by atoms with Gasteiger partial charge in [0.05, 0.1) is 0 Å². The van der Waals surface area contributed by atoms with E-state index in [1.807, 2.05) is 24.3 Å². The molecule has 1 unspecified atom stereocenters. The van der Waals surface area contributed by atoms with Gasteiger partial charge in [0.2, 0.25) is 11.8 Å². The van der Waals surface area contributed by atoms with Gasteiger partial charge in [0.25, 0.3) is 0 Å². The molecule has 0 saturated heterocycles. The third kappa shape index (κ3) is 4.08. The molecule has 1 aliphatic rings. The van der Waals surface area contributed by atoms with Gasteiger partial charge in [-0.15, -0.1) is 0 Å². The Balaban J connectivity index is 1.58. The molecule has 134 valence electrons. The fraction of sp³-hybridized carbons (Fsp3) is 0.250. The molecule has 6 nitrogen and oxygen atoms in total. The zero-order valence-electron chi connectivity index (χ0n) is 14.1. The van der Waals surface area contributed by atoms with Crippen molar-refractivity contribution in [1.29, 1.82) is 0 Å². The Morgan fingerprint density at radius 2 is 1.81 bits per heavy atom. The molecule has 1 heterocycles. The van der Waals surface area contributed by atoms with E-state index >= 15 is 0 Å². The van der Waals surface area contributed by atoms with Crippen molar-refractivity contribution in [2.75, 3.05) is 5.32 Å². The number of para-hydroxylation sites is 1. The highest BCUT2D eigenvalue weighted by Crippen LogP contribution is 2.27. The van der Waals surface area contributed by atoms with E-state index in [-0.39, 0.29) is 24.2 Å². The van der Waals surface area contributed by atoms with E-state index in [0.29, 0.717) is 18.4 Å². The van der Waals surface area contributed by atoms with Crippen LogP contribution in [0.4, 0.5) is 5.69 Å².